The number of rotatable bonds is 4. The molecule has 1 amide bonds. The first-order valence-corrected chi connectivity index (χ1v) is 7.00. The highest BCUT2D eigenvalue weighted by Gasteiger charge is 2.22. The van der Waals surface area contributed by atoms with Crippen LogP contribution in [0.5, 0.6) is 5.75 Å². The van der Waals surface area contributed by atoms with Crippen LogP contribution in [0.3, 0.4) is 0 Å². The monoisotopic (exact) mass is 280 g/mol. The SMILES string of the molecule is COc1cc(F)ccc1NC(C)C(=O)N1CCCCC1. The van der Waals surface area contributed by atoms with Crippen molar-refractivity contribution in [2.24, 2.45) is 0 Å². The van der Waals surface area contributed by atoms with E-state index in [1.54, 1.807) is 6.07 Å². The van der Waals surface area contributed by atoms with Gasteiger partial charge in [-0.05, 0) is 38.3 Å². The third-order valence-electron chi connectivity index (χ3n) is 3.57. The molecule has 1 fully saturated rings. The van der Waals surface area contributed by atoms with Crippen molar-refractivity contribution >= 4 is 11.6 Å². The number of benzene rings is 1. The number of likely N-dealkylation sites (tertiary alicyclic amines) is 1. The number of carbonyl (C=O) groups excluding carboxylic acids is 1. The van der Waals surface area contributed by atoms with Gasteiger partial charge in [-0.1, -0.05) is 0 Å². The molecule has 0 bridgehead atoms. The minimum absolute atomic E-state index is 0.0797. The van der Waals surface area contributed by atoms with Gasteiger partial charge >= 0.3 is 0 Å². The molecule has 1 atom stereocenters. The Morgan fingerprint density at radius 1 is 1.35 bits per heavy atom. The van der Waals surface area contributed by atoms with Crippen LogP contribution >= 0.6 is 0 Å². The minimum Gasteiger partial charge on any atom is -0.494 e. The standard InChI is InChI=1S/C15H21FN2O2/c1-11(15(19)18-8-4-3-5-9-18)17-13-7-6-12(16)10-14(13)20-2/h6-7,10-11,17H,3-5,8-9H2,1-2H3. The number of ether oxygens (including phenoxy) is 1. The molecule has 4 nitrogen and oxygen atoms in total. The van der Waals surface area contributed by atoms with Gasteiger partial charge in [0.15, 0.2) is 0 Å². The number of halogens is 1. The van der Waals surface area contributed by atoms with Crippen molar-refractivity contribution in [2.45, 2.75) is 32.2 Å². The highest BCUT2D eigenvalue weighted by molar-refractivity contribution is 5.84. The molecule has 0 saturated carbocycles. The van der Waals surface area contributed by atoms with Crippen molar-refractivity contribution in [1.29, 1.82) is 0 Å². The largest absolute Gasteiger partial charge is 0.494 e. The van der Waals surface area contributed by atoms with E-state index >= 15 is 0 Å². The molecular weight excluding hydrogens is 259 g/mol. The number of carbonyl (C=O) groups is 1. The molecular formula is C15H21FN2O2. The molecule has 1 N–H and O–H groups in total. The number of methoxy groups -OCH3 is 1. The van der Waals surface area contributed by atoms with E-state index < -0.39 is 0 Å². The molecule has 5 heteroatoms. The summed E-state index contributed by atoms with van der Waals surface area (Å²) < 4.78 is 18.3. The first-order valence-electron chi connectivity index (χ1n) is 7.00. The molecule has 1 heterocycles. The van der Waals surface area contributed by atoms with Crippen LogP contribution in [0.4, 0.5) is 10.1 Å². The van der Waals surface area contributed by atoms with Crippen LogP contribution in [0.15, 0.2) is 18.2 Å². The summed E-state index contributed by atoms with van der Waals surface area (Å²) >= 11 is 0. The first-order chi connectivity index (χ1) is 9.61. The fourth-order valence-electron chi connectivity index (χ4n) is 2.47. The van der Waals surface area contributed by atoms with Crippen molar-refractivity contribution in [2.75, 3.05) is 25.5 Å². The molecule has 1 aromatic rings. The topological polar surface area (TPSA) is 41.6 Å². The zero-order valence-corrected chi connectivity index (χ0v) is 12.0. The van der Waals surface area contributed by atoms with Crippen molar-refractivity contribution in [3.63, 3.8) is 0 Å². The summed E-state index contributed by atoms with van der Waals surface area (Å²) in [7, 11) is 1.48. The summed E-state index contributed by atoms with van der Waals surface area (Å²) in [5.41, 5.74) is 0.631. The summed E-state index contributed by atoms with van der Waals surface area (Å²) in [4.78, 5) is 14.2. The van der Waals surface area contributed by atoms with Crippen LogP contribution in [0.25, 0.3) is 0 Å². The van der Waals surface area contributed by atoms with Crippen molar-refractivity contribution in [3.8, 4) is 5.75 Å². The molecule has 1 unspecified atom stereocenters. The van der Waals surface area contributed by atoms with E-state index in [1.807, 2.05) is 11.8 Å². The predicted molar refractivity (Wildman–Crippen MR) is 76.5 cm³/mol. The predicted octanol–water partition coefficient (Wildman–Crippen LogP) is 2.65. The number of nitrogens with zero attached hydrogens (tertiary/aromatic N) is 1. The second kappa shape index (κ2) is 6.59. The molecule has 1 aliphatic heterocycles. The van der Waals surface area contributed by atoms with Gasteiger partial charge in [0.1, 0.15) is 17.6 Å². The number of anilines is 1. The number of amides is 1. The van der Waals surface area contributed by atoms with Crippen molar-refractivity contribution in [3.05, 3.63) is 24.0 Å². The lowest BCUT2D eigenvalue weighted by molar-refractivity contribution is -0.132. The van der Waals surface area contributed by atoms with Gasteiger partial charge < -0.3 is 15.0 Å². The normalized spacial score (nSPS) is 16.6. The van der Waals surface area contributed by atoms with Gasteiger partial charge in [-0.3, -0.25) is 4.79 Å². The van der Waals surface area contributed by atoms with Gasteiger partial charge in [0.2, 0.25) is 5.91 Å². The number of piperidine rings is 1. The Balaban J connectivity index is 2.03. The maximum Gasteiger partial charge on any atom is 0.244 e. The zero-order valence-electron chi connectivity index (χ0n) is 12.0. The second-order valence-corrected chi connectivity index (χ2v) is 5.10. The molecule has 1 aliphatic rings. The van der Waals surface area contributed by atoms with E-state index in [0.29, 0.717) is 11.4 Å². The molecule has 0 spiro atoms. The molecule has 110 valence electrons. The average molecular weight is 280 g/mol. The Hall–Kier alpha value is -1.78. The van der Waals surface area contributed by atoms with E-state index in [0.717, 1.165) is 25.9 Å². The first kappa shape index (κ1) is 14.6. The molecule has 1 saturated heterocycles. The van der Waals surface area contributed by atoms with E-state index in [9.17, 15) is 9.18 Å². The van der Waals surface area contributed by atoms with E-state index in [-0.39, 0.29) is 17.8 Å². The van der Waals surface area contributed by atoms with Crippen LogP contribution < -0.4 is 10.1 Å². The van der Waals surface area contributed by atoms with E-state index in [4.69, 9.17) is 4.74 Å². The Bertz CT molecular complexity index is 473. The summed E-state index contributed by atoms with van der Waals surface area (Å²) in [6, 6.07) is 3.89. The maximum absolute atomic E-state index is 13.1. The van der Waals surface area contributed by atoms with E-state index in [1.165, 1.54) is 25.7 Å². The summed E-state index contributed by atoms with van der Waals surface area (Å²) in [5.74, 6) is 0.127. The molecule has 20 heavy (non-hydrogen) atoms. The molecule has 2 rings (SSSR count). The lowest BCUT2D eigenvalue weighted by Crippen LogP contribution is -2.43. The highest BCUT2D eigenvalue weighted by Crippen LogP contribution is 2.26. The fourth-order valence-corrected chi connectivity index (χ4v) is 2.47. The fraction of sp³-hybridized carbons (Fsp3) is 0.533. The Morgan fingerprint density at radius 3 is 2.70 bits per heavy atom. The quantitative estimate of drug-likeness (QED) is 0.922. The smallest absolute Gasteiger partial charge is 0.244 e. The summed E-state index contributed by atoms with van der Waals surface area (Å²) in [5, 5.41) is 3.10. The molecule has 1 aromatic carbocycles. The molecule has 0 aliphatic carbocycles. The van der Waals surface area contributed by atoms with Crippen LogP contribution in [-0.4, -0.2) is 37.0 Å². The van der Waals surface area contributed by atoms with Gasteiger partial charge in [0.25, 0.3) is 0 Å². The van der Waals surface area contributed by atoms with Gasteiger partial charge in [0.05, 0.1) is 12.8 Å². The third kappa shape index (κ3) is 3.40. The van der Waals surface area contributed by atoms with Gasteiger partial charge in [-0.2, -0.15) is 0 Å². The van der Waals surface area contributed by atoms with Crippen LogP contribution in [0.1, 0.15) is 26.2 Å². The van der Waals surface area contributed by atoms with Crippen molar-refractivity contribution in [1.82, 2.24) is 4.90 Å². The Kier molecular flexibility index (Phi) is 4.82. The summed E-state index contributed by atoms with van der Waals surface area (Å²) in [6.07, 6.45) is 3.33. The Morgan fingerprint density at radius 2 is 2.05 bits per heavy atom. The zero-order chi connectivity index (χ0) is 14.5. The maximum atomic E-state index is 13.1. The van der Waals surface area contributed by atoms with Crippen molar-refractivity contribution < 1.29 is 13.9 Å². The van der Waals surface area contributed by atoms with Crippen LogP contribution in [-0.2, 0) is 4.79 Å². The number of hydrogen-bond acceptors (Lipinski definition) is 3. The lowest BCUT2D eigenvalue weighted by Gasteiger charge is -2.30. The van der Waals surface area contributed by atoms with Crippen LogP contribution in [0.2, 0.25) is 0 Å². The van der Waals surface area contributed by atoms with Gasteiger partial charge in [0, 0.05) is 19.2 Å². The van der Waals surface area contributed by atoms with Gasteiger partial charge in [-0.15, -0.1) is 0 Å². The lowest BCUT2D eigenvalue weighted by atomic mass is 10.1. The number of hydrogen-bond donors (Lipinski definition) is 1. The van der Waals surface area contributed by atoms with E-state index in [2.05, 4.69) is 5.32 Å². The average Bonchev–Trinajstić information content (AvgIpc) is 2.49. The van der Waals surface area contributed by atoms with Gasteiger partial charge in [-0.25, -0.2) is 4.39 Å². The van der Waals surface area contributed by atoms with Crippen LogP contribution in [0, 0.1) is 5.82 Å². The summed E-state index contributed by atoms with van der Waals surface area (Å²) in [6.45, 7) is 3.47. The highest BCUT2D eigenvalue weighted by atomic mass is 19.1. The third-order valence-corrected chi connectivity index (χ3v) is 3.57. The Labute approximate surface area is 118 Å². The molecule has 0 aromatic heterocycles. The molecule has 0 radical (unpaired) electrons. The minimum atomic E-state index is -0.359. The number of nitrogens with one attached hydrogen (secondary N) is 1. The second-order valence-electron chi connectivity index (χ2n) is 5.10.